The molecule has 0 fully saturated rings. The number of nitrogens with one attached hydrogen (secondary N) is 1. The third kappa shape index (κ3) is 3.04. The van der Waals surface area contributed by atoms with Crippen LogP contribution in [0.5, 0.6) is 11.5 Å². The Bertz CT molecular complexity index is 1300. The van der Waals surface area contributed by atoms with E-state index in [2.05, 4.69) is 10.4 Å². The zero-order valence-corrected chi connectivity index (χ0v) is 16.7. The fourth-order valence-electron chi connectivity index (χ4n) is 3.87. The number of hydrogen-bond donors (Lipinski definition) is 2. The molecular weight excluding hydrogens is 404 g/mol. The van der Waals surface area contributed by atoms with Crippen LogP contribution < -0.4 is 10.1 Å². The largest absolute Gasteiger partial charge is 0.508 e. The Morgan fingerprint density at radius 3 is 2.80 bits per heavy atom. The third-order valence-electron chi connectivity index (χ3n) is 5.24. The van der Waals surface area contributed by atoms with Crippen molar-refractivity contribution in [2.75, 3.05) is 12.4 Å². The van der Waals surface area contributed by atoms with Crippen LogP contribution in [0.15, 0.2) is 54.6 Å². The van der Waals surface area contributed by atoms with E-state index < -0.39 is 0 Å². The number of phenolic OH excluding ortho intramolecular Hbond substituents is 1. The number of aromatic hydroxyl groups is 1. The number of amides is 1. The minimum Gasteiger partial charge on any atom is -0.508 e. The molecule has 0 spiro atoms. The average Bonchev–Trinajstić information content (AvgIpc) is 3.17. The minimum absolute atomic E-state index is 0.0791. The van der Waals surface area contributed by atoms with Crippen molar-refractivity contribution in [3.63, 3.8) is 0 Å². The summed E-state index contributed by atoms with van der Waals surface area (Å²) in [5, 5.41) is 22.6. The van der Waals surface area contributed by atoms with E-state index in [1.54, 1.807) is 37.4 Å². The molecule has 0 saturated heterocycles. The number of aromatic nitrogens is 3. The smallest absolute Gasteiger partial charge is 0.225 e. The maximum atomic E-state index is 12.3. The van der Waals surface area contributed by atoms with Gasteiger partial charge in [0.2, 0.25) is 5.91 Å². The van der Waals surface area contributed by atoms with E-state index in [1.807, 2.05) is 24.3 Å². The molecule has 2 heterocycles. The number of fused-ring (bicyclic) bond motifs is 3. The Balaban J connectivity index is 1.68. The summed E-state index contributed by atoms with van der Waals surface area (Å²) < 4.78 is 5.21. The molecule has 0 radical (unpaired) electrons. The van der Waals surface area contributed by atoms with Crippen molar-refractivity contribution in [2.45, 2.75) is 12.3 Å². The number of anilines is 1. The maximum Gasteiger partial charge on any atom is 0.225 e. The SMILES string of the molecule is COc1ccc(-n2nc3ccc4c(c3n2)C(c2cccc(O)c2)CC(=O)N4)cc1Cl. The molecule has 1 aliphatic rings. The van der Waals surface area contributed by atoms with Gasteiger partial charge in [0, 0.05) is 23.6 Å². The predicted molar refractivity (Wildman–Crippen MR) is 114 cm³/mol. The van der Waals surface area contributed by atoms with Crippen LogP contribution in [-0.4, -0.2) is 33.1 Å². The Labute approximate surface area is 176 Å². The van der Waals surface area contributed by atoms with E-state index in [0.29, 0.717) is 33.2 Å². The molecule has 150 valence electrons. The van der Waals surface area contributed by atoms with Gasteiger partial charge in [0.15, 0.2) is 0 Å². The predicted octanol–water partition coefficient (Wildman–Crippen LogP) is 4.26. The molecule has 1 atom stereocenters. The zero-order valence-electron chi connectivity index (χ0n) is 16.0. The van der Waals surface area contributed by atoms with Gasteiger partial charge in [0.05, 0.1) is 17.8 Å². The van der Waals surface area contributed by atoms with E-state index in [1.165, 1.54) is 4.80 Å². The third-order valence-corrected chi connectivity index (χ3v) is 5.54. The summed E-state index contributed by atoms with van der Waals surface area (Å²) in [7, 11) is 1.56. The van der Waals surface area contributed by atoms with Gasteiger partial charge in [-0.2, -0.15) is 4.80 Å². The molecule has 7 nitrogen and oxygen atoms in total. The topological polar surface area (TPSA) is 89.3 Å². The quantitative estimate of drug-likeness (QED) is 0.517. The van der Waals surface area contributed by atoms with Gasteiger partial charge in [-0.3, -0.25) is 4.79 Å². The van der Waals surface area contributed by atoms with E-state index in [-0.39, 0.29) is 24.0 Å². The highest BCUT2D eigenvalue weighted by Gasteiger charge is 2.30. The lowest BCUT2D eigenvalue weighted by molar-refractivity contribution is -0.116. The highest BCUT2D eigenvalue weighted by atomic mass is 35.5. The number of hydrogen-bond acceptors (Lipinski definition) is 5. The first-order chi connectivity index (χ1) is 14.5. The second-order valence-electron chi connectivity index (χ2n) is 7.10. The van der Waals surface area contributed by atoms with Crippen molar-refractivity contribution in [3.8, 4) is 17.2 Å². The van der Waals surface area contributed by atoms with E-state index in [9.17, 15) is 9.90 Å². The number of nitrogens with zero attached hydrogens (tertiary/aromatic N) is 3. The Kier molecular flexibility index (Phi) is 4.33. The second kappa shape index (κ2) is 7.03. The van der Waals surface area contributed by atoms with Gasteiger partial charge in [-0.15, -0.1) is 10.2 Å². The highest BCUT2D eigenvalue weighted by molar-refractivity contribution is 6.32. The molecule has 1 aromatic heterocycles. The Morgan fingerprint density at radius 1 is 1.17 bits per heavy atom. The van der Waals surface area contributed by atoms with Crippen LogP contribution in [0.3, 0.4) is 0 Å². The Morgan fingerprint density at radius 2 is 2.03 bits per heavy atom. The average molecular weight is 421 g/mol. The molecule has 1 amide bonds. The molecule has 8 heteroatoms. The summed E-state index contributed by atoms with van der Waals surface area (Å²) in [6.45, 7) is 0. The van der Waals surface area contributed by atoms with E-state index in [4.69, 9.17) is 21.4 Å². The summed E-state index contributed by atoms with van der Waals surface area (Å²) in [4.78, 5) is 13.8. The van der Waals surface area contributed by atoms with Crippen molar-refractivity contribution >= 4 is 34.2 Å². The lowest BCUT2D eigenvalue weighted by Crippen LogP contribution is -2.23. The lowest BCUT2D eigenvalue weighted by Gasteiger charge is -2.26. The highest BCUT2D eigenvalue weighted by Crippen LogP contribution is 2.41. The van der Waals surface area contributed by atoms with Crippen LogP contribution >= 0.6 is 11.6 Å². The molecular formula is C22H17ClN4O3. The first-order valence-electron chi connectivity index (χ1n) is 9.36. The summed E-state index contributed by atoms with van der Waals surface area (Å²) in [6, 6.07) is 15.9. The molecule has 0 saturated carbocycles. The second-order valence-corrected chi connectivity index (χ2v) is 7.51. The van der Waals surface area contributed by atoms with Crippen molar-refractivity contribution in [1.29, 1.82) is 0 Å². The monoisotopic (exact) mass is 420 g/mol. The van der Waals surface area contributed by atoms with Crippen LogP contribution in [0, 0.1) is 0 Å². The van der Waals surface area contributed by atoms with Crippen LogP contribution in [0.25, 0.3) is 16.7 Å². The number of carbonyl (C=O) groups excluding carboxylic acids is 1. The summed E-state index contributed by atoms with van der Waals surface area (Å²) in [5.74, 6) is 0.406. The molecule has 1 unspecified atom stereocenters. The fraction of sp³-hybridized carbons (Fsp3) is 0.136. The van der Waals surface area contributed by atoms with Crippen molar-refractivity contribution in [2.24, 2.45) is 0 Å². The van der Waals surface area contributed by atoms with Crippen LogP contribution in [-0.2, 0) is 4.79 Å². The summed E-state index contributed by atoms with van der Waals surface area (Å²) >= 11 is 6.26. The number of benzene rings is 3. The van der Waals surface area contributed by atoms with Gasteiger partial charge in [0.25, 0.3) is 0 Å². The molecule has 0 bridgehead atoms. The number of halogens is 1. The summed E-state index contributed by atoms with van der Waals surface area (Å²) in [5.41, 5.74) is 4.50. The van der Waals surface area contributed by atoms with Crippen LogP contribution in [0.4, 0.5) is 5.69 Å². The normalized spacial score (nSPS) is 15.7. The summed E-state index contributed by atoms with van der Waals surface area (Å²) in [6.07, 6.45) is 0.261. The van der Waals surface area contributed by atoms with Gasteiger partial charge >= 0.3 is 0 Å². The van der Waals surface area contributed by atoms with Gasteiger partial charge in [0.1, 0.15) is 22.5 Å². The molecule has 4 aromatic rings. The molecule has 0 aliphatic carbocycles. The molecule has 3 aromatic carbocycles. The number of phenols is 1. The number of rotatable bonds is 3. The molecule has 5 rings (SSSR count). The minimum atomic E-state index is -0.242. The van der Waals surface area contributed by atoms with Crippen LogP contribution in [0.1, 0.15) is 23.5 Å². The van der Waals surface area contributed by atoms with Crippen molar-refractivity contribution in [1.82, 2.24) is 15.0 Å². The zero-order chi connectivity index (χ0) is 20.8. The molecule has 1 aliphatic heterocycles. The van der Waals surface area contributed by atoms with Crippen molar-refractivity contribution < 1.29 is 14.6 Å². The van der Waals surface area contributed by atoms with E-state index >= 15 is 0 Å². The van der Waals surface area contributed by atoms with Gasteiger partial charge in [-0.25, -0.2) is 0 Å². The lowest BCUT2D eigenvalue weighted by atomic mass is 9.84. The van der Waals surface area contributed by atoms with Crippen molar-refractivity contribution in [3.05, 3.63) is 70.7 Å². The molecule has 2 N–H and O–H groups in total. The molecule has 30 heavy (non-hydrogen) atoms. The number of methoxy groups -OCH3 is 1. The maximum absolute atomic E-state index is 12.3. The standard InChI is InChI=1S/C22H17ClN4O3/c1-30-19-8-5-13(10-16(19)23)27-25-18-7-6-17-21(22(18)26-27)15(11-20(29)24-17)12-3-2-4-14(28)9-12/h2-10,15,28H,11H2,1H3,(H,24,29). The van der Waals surface area contributed by atoms with E-state index in [0.717, 1.165) is 11.1 Å². The number of ether oxygens (including phenoxy) is 1. The Hall–Kier alpha value is -3.58. The van der Waals surface area contributed by atoms with Gasteiger partial charge in [-0.05, 0) is 48.0 Å². The van der Waals surface area contributed by atoms with Crippen LogP contribution in [0.2, 0.25) is 5.02 Å². The first-order valence-corrected chi connectivity index (χ1v) is 9.74. The van der Waals surface area contributed by atoms with Gasteiger partial charge in [-0.1, -0.05) is 23.7 Å². The fourth-order valence-corrected chi connectivity index (χ4v) is 4.13. The van der Waals surface area contributed by atoms with Gasteiger partial charge < -0.3 is 15.2 Å². The first kappa shape index (κ1) is 18.4. The number of carbonyl (C=O) groups is 1.